The third-order valence-electron chi connectivity index (χ3n) is 6.60. The quantitative estimate of drug-likeness (QED) is 0.716. The largest absolute Gasteiger partial charge is 0.455 e. The molecule has 1 unspecified atom stereocenters. The standard InChI is InChI=1S/C23H30N2O4/c1-24(20-8-4-6-16-5-2-3-7-19(16)20)21(26)15-29-23(28)18-11-13-25(14-12-18)22(27)17-9-10-17/h2-3,5,7,17-18,20H,4,6,8-15H2,1H3. The third kappa shape index (κ3) is 4.46. The molecule has 1 saturated carbocycles. The minimum Gasteiger partial charge on any atom is -0.455 e. The van der Waals surface area contributed by atoms with Crippen molar-refractivity contribution >= 4 is 17.8 Å². The second kappa shape index (κ2) is 8.56. The fourth-order valence-corrected chi connectivity index (χ4v) is 4.58. The first-order valence-corrected chi connectivity index (χ1v) is 10.8. The van der Waals surface area contributed by atoms with Crippen LogP contribution in [0, 0.1) is 11.8 Å². The zero-order valence-electron chi connectivity index (χ0n) is 17.1. The lowest BCUT2D eigenvalue weighted by atomic mass is 9.87. The highest BCUT2D eigenvalue weighted by Crippen LogP contribution is 2.34. The van der Waals surface area contributed by atoms with Crippen LogP contribution in [0.25, 0.3) is 0 Å². The van der Waals surface area contributed by atoms with Crippen LogP contribution in [0.5, 0.6) is 0 Å². The fourth-order valence-electron chi connectivity index (χ4n) is 4.58. The number of amides is 2. The minimum atomic E-state index is -0.311. The van der Waals surface area contributed by atoms with Crippen molar-refractivity contribution in [2.75, 3.05) is 26.7 Å². The van der Waals surface area contributed by atoms with E-state index < -0.39 is 0 Å². The number of ether oxygens (including phenoxy) is 1. The summed E-state index contributed by atoms with van der Waals surface area (Å²) >= 11 is 0. The van der Waals surface area contributed by atoms with E-state index in [1.54, 1.807) is 11.9 Å². The number of rotatable bonds is 5. The Balaban J connectivity index is 1.25. The summed E-state index contributed by atoms with van der Waals surface area (Å²) in [6.07, 6.45) is 6.28. The SMILES string of the molecule is CN(C(=O)COC(=O)C1CCN(C(=O)C2CC2)CC1)C1CCCc2ccccc21. The van der Waals surface area contributed by atoms with Crippen LogP contribution in [-0.2, 0) is 25.5 Å². The highest BCUT2D eigenvalue weighted by Gasteiger charge is 2.36. The molecule has 0 N–H and O–H groups in total. The van der Waals surface area contributed by atoms with Gasteiger partial charge in [-0.25, -0.2) is 0 Å². The maximum atomic E-state index is 12.7. The van der Waals surface area contributed by atoms with Gasteiger partial charge < -0.3 is 14.5 Å². The van der Waals surface area contributed by atoms with Crippen LogP contribution in [0.1, 0.15) is 55.7 Å². The van der Waals surface area contributed by atoms with Gasteiger partial charge in [0.25, 0.3) is 5.91 Å². The van der Waals surface area contributed by atoms with Gasteiger partial charge in [-0.3, -0.25) is 14.4 Å². The molecule has 0 spiro atoms. The minimum absolute atomic E-state index is 0.0443. The molecule has 1 saturated heterocycles. The van der Waals surface area contributed by atoms with Gasteiger partial charge in [-0.15, -0.1) is 0 Å². The van der Waals surface area contributed by atoms with Gasteiger partial charge in [-0.1, -0.05) is 24.3 Å². The molecule has 156 valence electrons. The summed E-state index contributed by atoms with van der Waals surface area (Å²) in [6.45, 7) is 1.01. The number of carbonyl (C=O) groups excluding carboxylic acids is 3. The predicted octanol–water partition coefficient (Wildman–Crippen LogP) is 2.71. The van der Waals surface area contributed by atoms with Crippen LogP contribution < -0.4 is 0 Å². The molecule has 6 heteroatoms. The van der Waals surface area contributed by atoms with Gasteiger partial charge in [0, 0.05) is 26.1 Å². The summed E-state index contributed by atoms with van der Waals surface area (Å²) in [5, 5.41) is 0. The summed E-state index contributed by atoms with van der Waals surface area (Å²) in [5.74, 6) is -0.236. The van der Waals surface area contributed by atoms with Crippen molar-refractivity contribution in [3.63, 3.8) is 0 Å². The summed E-state index contributed by atoms with van der Waals surface area (Å²) < 4.78 is 5.37. The summed E-state index contributed by atoms with van der Waals surface area (Å²) in [7, 11) is 1.80. The number of nitrogens with zero attached hydrogens (tertiary/aromatic N) is 2. The van der Waals surface area contributed by atoms with Gasteiger partial charge in [0.05, 0.1) is 12.0 Å². The Kier molecular flexibility index (Phi) is 5.88. The van der Waals surface area contributed by atoms with Gasteiger partial charge in [0.2, 0.25) is 5.91 Å². The van der Waals surface area contributed by atoms with Gasteiger partial charge in [-0.05, 0) is 56.1 Å². The van der Waals surface area contributed by atoms with Crippen LogP contribution in [0.4, 0.5) is 0 Å². The predicted molar refractivity (Wildman–Crippen MR) is 108 cm³/mol. The molecular weight excluding hydrogens is 368 g/mol. The molecule has 2 amide bonds. The lowest BCUT2D eigenvalue weighted by Gasteiger charge is -2.33. The molecule has 6 nitrogen and oxygen atoms in total. The van der Waals surface area contributed by atoms with Crippen molar-refractivity contribution in [3.8, 4) is 0 Å². The molecular formula is C23H30N2O4. The van der Waals surface area contributed by atoms with E-state index in [9.17, 15) is 14.4 Å². The molecule has 29 heavy (non-hydrogen) atoms. The number of fused-ring (bicyclic) bond motifs is 1. The van der Waals surface area contributed by atoms with Crippen molar-refractivity contribution in [2.24, 2.45) is 11.8 Å². The van der Waals surface area contributed by atoms with Crippen molar-refractivity contribution in [1.82, 2.24) is 9.80 Å². The zero-order valence-corrected chi connectivity index (χ0v) is 17.1. The van der Waals surface area contributed by atoms with E-state index in [-0.39, 0.29) is 42.3 Å². The molecule has 1 heterocycles. The highest BCUT2D eigenvalue weighted by molar-refractivity contribution is 5.83. The molecule has 0 radical (unpaired) electrons. The van der Waals surface area contributed by atoms with E-state index >= 15 is 0 Å². The highest BCUT2D eigenvalue weighted by atomic mass is 16.5. The van der Waals surface area contributed by atoms with Gasteiger partial charge in [0.15, 0.2) is 6.61 Å². The van der Waals surface area contributed by atoms with Gasteiger partial charge >= 0.3 is 5.97 Å². The smallest absolute Gasteiger partial charge is 0.309 e. The van der Waals surface area contributed by atoms with E-state index in [0.717, 1.165) is 32.1 Å². The number of aryl methyl sites for hydroxylation is 1. The summed E-state index contributed by atoms with van der Waals surface area (Å²) in [4.78, 5) is 40.8. The molecule has 1 aromatic carbocycles. The van der Waals surface area contributed by atoms with Gasteiger partial charge in [-0.2, -0.15) is 0 Å². The average molecular weight is 399 g/mol. The molecule has 3 aliphatic rings. The lowest BCUT2D eigenvalue weighted by molar-refractivity contribution is -0.157. The van der Waals surface area contributed by atoms with Crippen LogP contribution in [0.2, 0.25) is 0 Å². The Morgan fingerprint density at radius 1 is 1.03 bits per heavy atom. The van der Waals surface area contributed by atoms with E-state index in [4.69, 9.17) is 4.74 Å². The monoisotopic (exact) mass is 398 g/mol. The molecule has 1 atom stereocenters. The van der Waals surface area contributed by atoms with Crippen LogP contribution in [-0.4, -0.2) is 54.3 Å². The van der Waals surface area contributed by atoms with Crippen LogP contribution in [0.3, 0.4) is 0 Å². The lowest BCUT2D eigenvalue weighted by Crippen LogP contribution is -2.42. The number of likely N-dealkylation sites (N-methyl/N-ethyl adjacent to an activating group) is 1. The van der Waals surface area contributed by atoms with E-state index in [0.29, 0.717) is 25.9 Å². The normalized spacial score (nSPS) is 22.0. The fraction of sp³-hybridized carbons (Fsp3) is 0.609. The first kappa shape index (κ1) is 19.9. The summed E-state index contributed by atoms with van der Waals surface area (Å²) in [6, 6.07) is 8.30. The maximum absolute atomic E-state index is 12.7. The second-order valence-electron chi connectivity index (χ2n) is 8.59. The first-order chi connectivity index (χ1) is 14.0. The molecule has 0 bridgehead atoms. The van der Waals surface area contributed by atoms with Crippen LogP contribution in [0.15, 0.2) is 24.3 Å². The number of hydrogen-bond donors (Lipinski definition) is 0. The van der Waals surface area contributed by atoms with E-state index in [1.165, 1.54) is 11.1 Å². The van der Waals surface area contributed by atoms with E-state index in [2.05, 4.69) is 12.1 Å². The number of hydrogen-bond acceptors (Lipinski definition) is 4. The Morgan fingerprint density at radius 2 is 1.76 bits per heavy atom. The average Bonchev–Trinajstić information content (AvgIpc) is 3.61. The summed E-state index contributed by atoms with van der Waals surface area (Å²) in [5.41, 5.74) is 2.50. The molecule has 4 rings (SSSR count). The van der Waals surface area contributed by atoms with Crippen molar-refractivity contribution < 1.29 is 19.1 Å². The topological polar surface area (TPSA) is 66.9 Å². The number of benzene rings is 1. The molecule has 1 aliphatic heterocycles. The Morgan fingerprint density at radius 3 is 2.48 bits per heavy atom. The number of carbonyl (C=O) groups is 3. The Labute approximate surface area is 172 Å². The second-order valence-corrected chi connectivity index (χ2v) is 8.59. The Bertz CT molecular complexity index is 781. The Hall–Kier alpha value is -2.37. The molecule has 1 aromatic rings. The number of piperidine rings is 1. The van der Waals surface area contributed by atoms with Crippen molar-refractivity contribution in [2.45, 2.75) is 51.0 Å². The van der Waals surface area contributed by atoms with Gasteiger partial charge in [0.1, 0.15) is 0 Å². The van der Waals surface area contributed by atoms with E-state index in [1.807, 2.05) is 17.0 Å². The first-order valence-electron chi connectivity index (χ1n) is 10.8. The molecule has 2 fully saturated rings. The number of esters is 1. The molecule has 0 aromatic heterocycles. The molecule has 2 aliphatic carbocycles. The zero-order chi connectivity index (χ0) is 20.4. The third-order valence-corrected chi connectivity index (χ3v) is 6.60. The number of likely N-dealkylation sites (tertiary alicyclic amines) is 1. The van der Waals surface area contributed by atoms with Crippen molar-refractivity contribution in [1.29, 1.82) is 0 Å². The van der Waals surface area contributed by atoms with Crippen molar-refractivity contribution in [3.05, 3.63) is 35.4 Å². The maximum Gasteiger partial charge on any atom is 0.309 e. The van der Waals surface area contributed by atoms with Crippen LogP contribution >= 0.6 is 0 Å².